The van der Waals surface area contributed by atoms with Gasteiger partial charge in [-0.3, -0.25) is 19.5 Å². The first-order valence-electron chi connectivity index (χ1n) is 8.19. The number of rotatable bonds is 4. The van der Waals surface area contributed by atoms with Gasteiger partial charge in [0.1, 0.15) is 5.76 Å². The topological polar surface area (TPSA) is 116 Å². The number of furan rings is 1. The van der Waals surface area contributed by atoms with E-state index in [0.717, 1.165) is 0 Å². The number of nitrogens with zero attached hydrogens (tertiary/aromatic N) is 2. The lowest BCUT2D eigenvalue weighted by molar-refractivity contribution is -0.384. The molecule has 138 valence electrons. The lowest BCUT2D eigenvalue weighted by Crippen LogP contribution is -2.09. The van der Waals surface area contributed by atoms with Crippen molar-refractivity contribution >= 4 is 28.5 Å². The molecule has 2 aromatic heterocycles. The van der Waals surface area contributed by atoms with Crippen LogP contribution in [0.4, 0.5) is 5.69 Å². The van der Waals surface area contributed by atoms with Crippen LogP contribution in [0.3, 0.4) is 0 Å². The number of benzene rings is 2. The molecule has 1 N–H and O–H groups in total. The molecule has 0 unspecified atom stereocenters. The van der Waals surface area contributed by atoms with Crippen LogP contribution in [0.15, 0.2) is 71.3 Å². The summed E-state index contributed by atoms with van der Waals surface area (Å²) in [7, 11) is 0. The first kappa shape index (κ1) is 17.2. The van der Waals surface area contributed by atoms with Crippen LogP contribution in [0.1, 0.15) is 20.9 Å². The molecule has 28 heavy (non-hydrogen) atoms. The van der Waals surface area contributed by atoms with Crippen LogP contribution in [-0.4, -0.2) is 26.5 Å². The number of hydrogen-bond acceptors (Lipinski definition) is 5. The lowest BCUT2D eigenvalue weighted by Gasteiger charge is -2.02. The third-order valence-electron chi connectivity index (χ3n) is 4.34. The van der Waals surface area contributed by atoms with Gasteiger partial charge in [0, 0.05) is 17.6 Å². The molecule has 8 heteroatoms. The Bertz CT molecular complexity index is 1250. The van der Waals surface area contributed by atoms with Crippen molar-refractivity contribution in [1.82, 2.24) is 4.57 Å². The zero-order chi connectivity index (χ0) is 19.8. The number of carbonyl (C=O) groups is 2. The first-order chi connectivity index (χ1) is 13.5. The highest BCUT2D eigenvalue weighted by Crippen LogP contribution is 2.31. The molecule has 0 spiro atoms. The molecule has 4 rings (SSSR count). The largest absolute Gasteiger partial charge is 0.478 e. The van der Waals surface area contributed by atoms with E-state index in [1.54, 1.807) is 30.3 Å². The number of fused-ring (bicyclic) bond motifs is 1. The van der Waals surface area contributed by atoms with Gasteiger partial charge in [-0.2, -0.15) is 0 Å². The van der Waals surface area contributed by atoms with Gasteiger partial charge in [-0.15, -0.1) is 0 Å². The molecule has 0 aliphatic heterocycles. The molecule has 0 radical (unpaired) electrons. The first-order valence-corrected chi connectivity index (χ1v) is 8.19. The summed E-state index contributed by atoms with van der Waals surface area (Å²) in [5, 5.41) is 21.0. The van der Waals surface area contributed by atoms with Crippen molar-refractivity contribution in [3.05, 3.63) is 88.3 Å². The van der Waals surface area contributed by atoms with E-state index in [1.165, 1.54) is 41.1 Å². The minimum atomic E-state index is -1.15. The fourth-order valence-corrected chi connectivity index (χ4v) is 3.08. The molecule has 0 atom stereocenters. The summed E-state index contributed by atoms with van der Waals surface area (Å²) in [5.41, 5.74) is 0.522. The van der Waals surface area contributed by atoms with E-state index in [1.807, 2.05) is 0 Å². The molecule has 0 fully saturated rings. The van der Waals surface area contributed by atoms with Crippen molar-refractivity contribution in [1.29, 1.82) is 0 Å². The number of para-hydroxylation sites is 2. The van der Waals surface area contributed by atoms with Crippen molar-refractivity contribution in [2.24, 2.45) is 0 Å². The third kappa shape index (κ3) is 2.73. The molecule has 0 aliphatic carbocycles. The van der Waals surface area contributed by atoms with E-state index >= 15 is 0 Å². The molecule has 0 aliphatic rings. The van der Waals surface area contributed by atoms with Crippen molar-refractivity contribution in [2.45, 2.75) is 0 Å². The third-order valence-corrected chi connectivity index (χ3v) is 4.34. The predicted octanol–water partition coefficient (Wildman–Crippen LogP) is 4.20. The van der Waals surface area contributed by atoms with Crippen LogP contribution in [0.5, 0.6) is 0 Å². The maximum Gasteiger partial charge on any atom is 0.337 e. The molecule has 2 aromatic carbocycles. The highest BCUT2D eigenvalue weighted by Gasteiger charge is 2.23. The number of aromatic carboxylic acids is 1. The number of nitro groups is 1. The predicted molar refractivity (Wildman–Crippen MR) is 99.4 cm³/mol. The average molecular weight is 376 g/mol. The second-order valence-electron chi connectivity index (χ2n) is 5.98. The van der Waals surface area contributed by atoms with Crippen LogP contribution in [0.2, 0.25) is 0 Å². The number of nitro benzene ring substituents is 1. The Morgan fingerprint density at radius 2 is 1.71 bits per heavy atom. The highest BCUT2D eigenvalue weighted by atomic mass is 16.6. The van der Waals surface area contributed by atoms with Crippen LogP contribution < -0.4 is 0 Å². The van der Waals surface area contributed by atoms with E-state index in [9.17, 15) is 24.8 Å². The van der Waals surface area contributed by atoms with Gasteiger partial charge in [0.05, 0.1) is 21.6 Å². The van der Waals surface area contributed by atoms with Gasteiger partial charge in [0.2, 0.25) is 0 Å². The maximum absolute atomic E-state index is 12.9. The summed E-state index contributed by atoms with van der Waals surface area (Å²) in [6.07, 6.45) is 1.24. The number of aromatic nitrogens is 1. The fourth-order valence-electron chi connectivity index (χ4n) is 3.08. The standard InChI is InChI=1S/C20H12N2O6/c23-19(21-11-14(20(24)25)12-5-1-3-7-15(12)21)18-10-9-17(28-18)13-6-2-4-8-16(13)22(26)27/h1-11H,(H,24,25). The summed E-state index contributed by atoms with van der Waals surface area (Å²) in [6.45, 7) is 0. The van der Waals surface area contributed by atoms with Crippen LogP contribution >= 0.6 is 0 Å². The zero-order valence-electron chi connectivity index (χ0n) is 14.2. The maximum atomic E-state index is 12.9. The molecular weight excluding hydrogens is 364 g/mol. The Hall–Kier alpha value is -4.20. The Morgan fingerprint density at radius 3 is 2.46 bits per heavy atom. The SMILES string of the molecule is O=C(O)c1cn(C(=O)c2ccc(-c3ccccc3[N+](=O)[O-])o2)c2ccccc12. The second kappa shape index (κ2) is 6.51. The molecule has 0 saturated carbocycles. The highest BCUT2D eigenvalue weighted by molar-refractivity contribution is 6.08. The van der Waals surface area contributed by atoms with Gasteiger partial charge in [0.25, 0.3) is 11.6 Å². The number of carboxylic acids is 1. The van der Waals surface area contributed by atoms with Crippen LogP contribution in [0.25, 0.3) is 22.2 Å². The molecule has 8 nitrogen and oxygen atoms in total. The summed E-state index contributed by atoms with van der Waals surface area (Å²) in [4.78, 5) is 35.0. The number of carboxylic acid groups (broad SMARTS) is 1. The molecular formula is C20H12N2O6. The minimum absolute atomic E-state index is 0.00516. The molecule has 0 amide bonds. The van der Waals surface area contributed by atoms with Gasteiger partial charge in [-0.1, -0.05) is 30.3 Å². The molecule has 4 aromatic rings. The van der Waals surface area contributed by atoms with Crippen LogP contribution in [0, 0.1) is 10.1 Å². The van der Waals surface area contributed by atoms with Gasteiger partial charge in [0.15, 0.2) is 5.76 Å². The number of hydrogen-bond donors (Lipinski definition) is 1. The van der Waals surface area contributed by atoms with Gasteiger partial charge in [-0.25, -0.2) is 4.79 Å². The van der Waals surface area contributed by atoms with E-state index in [4.69, 9.17) is 4.42 Å². The molecule has 2 heterocycles. The zero-order valence-corrected chi connectivity index (χ0v) is 14.2. The van der Waals surface area contributed by atoms with E-state index in [0.29, 0.717) is 10.9 Å². The Balaban J connectivity index is 1.79. The minimum Gasteiger partial charge on any atom is -0.478 e. The van der Waals surface area contributed by atoms with E-state index < -0.39 is 16.8 Å². The van der Waals surface area contributed by atoms with Crippen LogP contribution in [-0.2, 0) is 0 Å². The molecule has 0 bridgehead atoms. The second-order valence-corrected chi connectivity index (χ2v) is 5.98. The van der Waals surface area contributed by atoms with E-state index in [2.05, 4.69) is 0 Å². The smallest absolute Gasteiger partial charge is 0.337 e. The van der Waals surface area contributed by atoms with Crippen molar-refractivity contribution in [3.8, 4) is 11.3 Å². The quantitative estimate of drug-likeness (QED) is 0.422. The van der Waals surface area contributed by atoms with E-state index in [-0.39, 0.29) is 28.3 Å². The fraction of sp³-hybridized carbons (Fsp3) is 0. The monoisotopic (exact) mass is 376 g/mol. The lowest BCUT2D eigenvalue weighted by atomic mass is 10.1. The average Bonchev–Trinajstić information content (AvgIpc) is 3.33. The normalized spacial score (nSPS) is 10.9. The number of carbonyl (C=O) groups excluding carboxylic acids is 1. The summed E-state index contributed by atoms with van der Waals surface area (Å²) < 4.78 is 6.77. The summed E-state index contributed by atoms with van der Waals surface area (Å²) in [6, 6.07) is 15.5. The van der Waals surface area contributed by atoms with Gasteiger partial charge < -0.3 is 9.52 Å². The van der Waals surface area contributed by atoms with Gasteiger partial charge in [-0.05, 0) is 24.3 Å². The summed E-state index contributed by atoms with van der Waals surface area (Å²) in [5.74, 6) is -1.62. The van der Waals surface area contributed by atoms with Crippen molar-refractivity contribution in [3.63, 3.8) is 0 Å². The summed E-state index contributed by atoms with van der Waals surface area (Å²) >= 11 is 0. The van der Waals surface area contributed by atoms with Gasteiger partial charge >= 0.3 is 5.97 Å². The Labute approximate surface area is 157 Å². The Morgan fingerprint density at radius 1 is 1.00 bits per heavy atom. The van der Waals surface area contributed by atoms with Crippen molar-refractivity contribution < 1.29 is 24.0 Å². The molecule has 0 saturated heterocycles. The van der Waals surface area contributed by atoms with Crippen molar-refractivity contribution in [2.75, 3.05) is 0 Å². The Kier molecular flexibility index (Phi) is 4.00.